The number of rotatable bonds is 7. The van der Waals surface area contributed by atoms with Crippen LogP contribution in [0.3, 0.4) is 0 Å². The van der Waals surface area contributed by atoms with Gasteiger partial charge in [0.1, 0.15) is 5.00 Å². The van der Waals surface area contributed by atoms with E-state index in [-0.39, 0.29) is 11.8 Å². The predicted octanol–water partition coefficient (Wildman–Crippen LogP) is 4.30. The highest BCUT2D eigenvalue weighted by Crippen LogP contribution is 2.38. The van der Waals surface area contributed by atoms with Gasteiger partial charge in [-0.3, -0.25) is 9.59 Å². The number of carbonyl (C=O) groups is 2. The van der Waals surface area contributed by atoms with E-state index in [1.165, 1.54) is 16.2 Å². The van der Waals surface area contributed by atoms with Crippen LogP contribution in [-0.4, -0.2) is 32.1 Å². The zero-order valence-corrected chi connectivity index (χ0v) is 16.8. The molecule has 0 saturated heterocycles. The minimum Gasteiger partial charge on any atom is -0.385 e. The Morgan fingerprint density at radius 1 is 1.19 bits per heavy atom. The number of amides is 2. The maximum Gasteiger partial charge on any atom is 0.257 e. The summed E-state index contributed by atoms with van der Waals surface area (Å²) in [6.07, 6.45) is 4.74. The van der Waals surface area contributed by atoms with Gasteiger partial charge in [-0.25, -0.2) is 0 Å². The van der Waals surface area contributed by atoms with Crippen molar-refractivity contribution in [3.8, 4) is 0 Å². The van der Waals surface area contributed by atoms with E-state index in [1.54, 1.807) is 31.4 Å². The lowest BCUT2D eigenvalue weighted by atomic mass is 9.95. The molecule has 0 aliphatic heterocycles. The van der Waals surface area contributed by atoms with Gasteiger partial charge in [0, 0.05) is 25.1 Å². The Hall–Kier alpha value is -1.89. The van der Waals surface area contributed by atoms with Crippen molar-refractivity contribution in [3.63, 3.8) is 0 Å². The second kappa shape index (κ2) is 9.35. The second-order valence-corrected chi connectivity index (χ2v) is 7.96. The molecule has 0 saturated carbocycles. The largest absolute Gasteiger partial charge is 0.385 e. The van der Waals surface area contributed by atoms with Crippen LogP contribution in [0.1, 0.15) is 50.4 Å². The number of hydrogen-bond acceptors (Lipinski definition) is 4. The zero-order chi connectivity index (χ0) is 19.2. The zero-order valence-electron chi connectivity index (χ0n) is 15.3. The molecule has 3 rings (SSSR count). The van der Waals surface area contributed by atoms with Crippen molar-refractivity contribution < 1.29 is 14.3 Å². The Kier molecular flexibility index (Phi) is 6.88. The van der Waals surface area contributed by atoms with Crippen LogP contribution in [0.4, 0.5) is 5.00 Å². The lowest BCUT2D eigenvalue weighted by Gasteiger charge is -2.13. The number of halogens is 1. The molecule has 1 aliphatic rings. The molecule has 1 heterocycles. The van der Waals surface area contributed by atoms with Gasteiger partial charge in [-0.1, -0.05) is 23.7 Å². The first-order valence-electron chi connectivity index (χ1n) is 9.09. The topological polar surface area (TPSA) is 67.4 Å². The van der Waals surface area contributed by atoms with Gasteiger partial charge in [-0.15, -0.1) is 11.3 Å². The molecular formula is C20H23ClN2O3S. The van der Waals surface area contributed by atoms with Crippen LogP contribution in [0.5, 0.6) is 0 Å². The third-order valence-corrected chi connectivity index (χ3v) is 6.09. The number of carbonyl (C=O) groups excluding carboxylic acids is 2. The molecule has 27 heavy (non-hydrogen) atoms. The van der Waals surface area contributed by atoms with Crippen LogP contribution >= 0.6 is 22.9 Å². The Morgan fingerprint density at radius 3 is 2.74 bits per heavy atom. The van der Waals surface area contributed by atoms with Crippen molar-refractivity contribution in [3.05, 3.63) is 50.9 Å². The summed E-state index contributed by atoms with van der Waals surface area (Å²) in [7, 11) is 1.64. The van der Waals surface area contributed by atoms with Gasteiger partial charge in [0.05, 0.1) is 16.1 Å². The highest BCUT2D eigenvalue weighted by atomic mass is 35.5. The second-order valence-electron chi connectivity index (χ2n) is 6.45. The Morgan fingerprint density at radius 2 is 1.96 bits per heavy atom. The summed E-state index contributed by atoms with van der Waals surface area (Å²) in [5, 5.41) is 6.86. The van der Waals surface area contributed by atoms with E-state index in [0.29, 0.717) is 34.3 Å². The highest BCUT2D eigenvalue weighted by molar-refractivity contribution is 7.17. The first kappa shape index (κ1) is 19.9. The van der Waals surface area contributed by atoms with Crippen molar-refractivity contribution in [1.29, 1.82) is 0 Å². The third kappa shape index (κ3) is 4.69. The third-order valence-electron chi connectivity index (χ3n) is 4.55. The molecular weight excluding hydrogens is 384 g/mol. The molecule has 0 spiro atoms. The van der Waals surface area contributed by atoms with Crippen molar-refractivity contribution in [2.75, 3.05) is 25.6 Å². The van der Waals surface area contributed by atoms with E-state index in [4.69, 9.17) is 16.3 Å². The van der Waals surface area contributed by atoms with Gasteiger partial charge in [-0.05, 0) is 49.8 Å². The quantitative estimate of drug-likeness (QED) is 0.673. The number of anilines is 1. The van der Waals surface area contributed by atoms with Crippen molar-refractivity contribution >= 4 is 39.8 Å². The van der Waals surface area contributed by atoms with Gasteiger partial charge in [0.15, 0.2) is 0 Å². The van der Waals surface area contributed by atoms with Crippen LogP contribution in [0.2, 0.25) is 5.02 Å². The van der Waals surface area contributed by atoms with Crippen LogP contribution in [-0.2, 0) is 17.6 Å². The van der Waals surface area contributed by atoms with Crippen molar-refractivity contribution in [1.82, 2.24) is 5.32 Å². The molecule has 0 bridgehead atoms. The summed E-state index contributed by atoms with van der Waals surface area (Å²) in [4.78, 5) is 26.7. The first-order valence-corrected chi connectivity index (χ1v) is 10.3. The van der Waals surface area contributed by atoms with Gasteiger partial charge in [0.25, 0.3) is 11.8 Å². The summed E-state index contributed by atoms with van der Waals surface area (Å²) >= 11 is 7.64. The summed E-state index contributed by atoms with van der Waals surface area (Å²) in [6, 6.07) is 6.90. The van der Waals surface area contributed by atoms with E-state index in [0.717, 1.165) is 37.7 Å². The molecule has 0 fully saturated rings. The standard InChI is InChI=1S/C20H23ClN2O3S/c1-26-12-6-11-22-19(25)17-14-8-3-5-10-16(14)27-20(17)23-18(24)13-7-2-4-9-15(13)21/h2,4,7,9H,3,5-6,8,10-12H2,1H3,(H,22,25)(H,23,24). The summed E-state index contributed by atoms with van der Waals surface area (Å²) < 4.78 is 5.02. The van der Waals surface area contributed by atoms with Crippen LogP contribution in [0.15, 0.2) is 24.3 Å². The SMILES string of the molecule is COCCCNC(=O)c1c(NC(=O)c2ccccc2Cl)sc2c1CCCC2. The Bertz CT molecular complexity index is 835. The lowest BCUT2D eigenvalue weighted by molar-refractivity contribution is 0.0948. The molecule has 144 valence electrons. The van der Waals surface area contributed by atoms with E-state index in [2.05, 4.69) is 10.6 Å². The number of aryl methyl sites for hydroxylation is 1. The van der Waals surface area contributed by atoms with Crippen LogP contribution < -0.4 is 10.6 Å². The van der Waals surface area contributed by atoms with Crippen LogP contribution in [0, 0.1) is 0 Å². The first-order chi connectivity index (χ1) is 13.1. The van der Waals surface area contributed by atoms with E-state index >= 15 is 0 Å². The van der Waals surface area contributed by atoms with Gasteiger partial charge in [-0.2, -0.15) is 0 Å². The van der Waals surface area contributed by atoms with E-state index in [9.17, 15) is 9.59 Å². The van der Waals surface area contributed by atoms with E-state index in [1.807, 2.05) is 0 Å². The van der Waals surface area contributed by atoms with Crippen molar-refractivity contribution in [2.24, 2.45) is 0 Å². The molecule has 2 N–H and O–H groups in total. The molecule has 1 aliphatic carbocycles. The Balaban J connectivity index is 1.84. The van der Waals surface area contributed by atoms with E-state index < -0.39 is 0 Å². The molecule has 0 atom stereocenters. The minimum absolute atomic E-state index is 0.139. The monoisotopic (exact) mass is 406 g/mol. The summed E-state index contributed by atoms with van der Waals surface area (Å²) in [5.74, 6) is -0.437. The number of thiophene rings is 1. The number of ether oxygens (including phenoxy) is 1. The molecule has 5 nitrogen and oxygen atoms in total. The van der Waals surface area contributed by atoms with Gasteiger partial charge in [0.2, 0.25) is 0 Å². The maximum absolute atomic E-state index is 12.8. The average molecular weight is 407 g/mol. The molecule has 2 aromatic rings. The number of fused-ring (bicyclic) bond motifs is 1. The summed E-state index contributed by atoms with van der Waals surface area (Å²) in [5.41, 5.74) is 2.08. The average Bonchev–Trinajstić information content (AvgIpc) is 3.03. The molecule has 2 amide bonds. The fourth-order valence-corrected chi connectivity index (χ4v) is 4.72. The fourth-order valence-electron chi connectivity index (χ4n) is 3.22. The normalized spacial score (nSPS) is 13.1. The highest BCUT2D eigenvalue weighted by Gasteiger charge is 2.26. The smallest absolute Gasteiger partial charge is 0.257 e. The van der Waals surface area contributed by atoms with Gasteiger partial charge >= 0.3 is 0 Å². The maximum atomic E-state index is 12.8. The molecule has 1 aromatic carbocycles. The fraction of sp³-hybridized carbons (Fsp3) is 0.400. The molecule has 0 radical (unpaired) electrons. The number of methoxy groups -OCH3 is 1. The molecule has 0 unspecified atom stereocenters. The van der Waals surface area contributed by atoms with Crippen molar-refractivity contribution in [2.45, 2.75) is 32.1 Å². The van der Waals surface area contributed by atoms with Crippen LogP contribution in [0.25, 0.3) is 0 Å². The number of hydrogen-bond donors (Lipinski definition) is 2. The number of benzene rings is 1. The molecule has 7 heteroatoms. The van der Waals surface area contributed by atoms with Gasteiger partial charge < -0.3 is 15.4 Å². The Labute approximate surface area is 168 Å². The predicted molar refractivity (Wildman–Crippen MR) is 109 cm³/mol. The molecule has 1 aromatic heterocycles. The minimum atomic E-state index is -0.298. The summed E-state index contributed by atoms with van der Waals surface area (Å²) in [6.45, 7) is 1.13. The lowest BCUT2D eigenvalue weighted by Crippen LogP contribution is -2.27. The number of nitrogens with one attached hydrogen (secondary N) is 2.